The van der Waals surface area contributed by atoms with Gasteiger partial charge in [0, 0.05) is 11.1 Å². The van der Waals surface area contributed by atoms with Crippen LogP contribution in [0.25, 0.3) is 22.3 Å². The average molecular weight is 421 g/mol. The number of hydrogen-bond donors (Lipinski definition) is 1. The summed E-state index contributed by atoms with van der Waals surface area (Å²) < 4.78 is 11.7. The van der Waals surface area contributed by atoms with Gasteiger partial charge in [0.15, 0.2) is 11.0 Å². The Morgan fingerprint density at radius 1 is 1.18 bits per heavy atom. The van der Waals surface area contributed by atoms with Crippen molar-refractivity contribution in [2.75, 3.05) is 6.61 Å². The van der Waals surface area contributed by atoms with Crippen molar-refractivity contribution in [1.29, 1.82) is 0 Å². The van der Waals surface area contributed by atoms with Crippen LogP contribution in [0.1, 0.15) is 19.4 Å². The summed E-state index contributed by atoms with van der Waals surface area (Å²) >= 11 is 12.4. The van der Waals surface area contributed by atoms with E-state index in [1.54, 1.807) is 44.2 Å². The lowest BCUT2D eigenvalue weighted by molar-refractivity contribution is -0.148. The number of carboxylic acids is 1. The molecule has 0 aliphatic heterocycles. The maximum atomic E-state index is 12.5. The van der Waals surface area contributed by atoms with E-state index in [0.29, 0.717) is 26.7 Å². The van der Waals surface area contributed by atoms with E-state index < -0.39 is 11.4 Å². The molecule has 0 atom stereocenters. The molecule has 2 aromatic carbocycles. The minimum absolute atomic E-state index is 0.0900. The third-order valence-corrected chi connectivity index (χ3v) is 5.11. The maximum Gasteiger partial charge on any atom is 0.312 e. The standard InChI is InChI=1S/C21H18Cl2O5/c1-11-7-13(17(8-15(11)23)27-10-21(2,3)20(25)26)18-9-16(24)12-5-4-6-14(22)19(12)28-18/h4-9H,10H2,1-3H3,(H,25,26). The predicted octanol–water partition coefficient (Wildman–Crippen LogP) is 5.56. The summed E-state index contributed by atoms with van der Waals surface area (Å²) in [6, 6.07) is 9.62. The fourth-order valence-corrected chi connectivity index (χ4v) is 2.94. The fourth-order valence-electron chi connectivity index (χ4n) is 2.57. The first-order valence-electron chi connectivity index (χ1n) is 8.49. The first-order chi connectivity index (χ1) is 13.1. The molecule has 3 aromatic rings. The number of para-hydroxylation sites is 1. The molecule has 3 rings (SSSR count). The summed E-state index contributed by atoms with van der Waals surface area (Å²) in [5.74, 6) is -0.413. The highest BCUT2D eigenvalue weighted by Gasteiger charge is 2.29. The van der Waals surface area contributed by atoms with E-state index in [0.717, 1.165) is 5.56 Å². The Kier molecular flexibility index (Phi) is 5.41. The van der Waals surface area contributed by atoms with Crippen LogP contribution in [0, 0.1) is 12.3 Å². The van der Waals surface area contributed by atoms with Crippen molar-refractivity contribution < 1.29 is 19.1 Å². The molecule has 1 heterocycles. The second kappa shape index (κ2) is 7.49. The molecule has 28 heavy (non-hydrogen) atoms. The van der Waals surface area contributed by atoms with Gasteiger partial charge in [0.05, 0.1) is 21.4 Å². The number of carbonyl (C=O) groups is 1. The van der Waals surface area contributed by atoms with Gasteiger partial charge < -0.3 is 14.3 Å². The molecule has 0 bridgehead atoms. The third-order valence-electron chi connectivity index (χ3n) is 4.40. The number of ether oxygens (including phenoxy) is 1. The van der Waals surface area contributed by atoms with Crippen molar-refractivity contribution in [2.24, 2.45) is 5.41 Å². The zero-order chi connectivity index (χ0) is 20.6. The molecule has 0 saturated heterocycles. The zero-order valence-corrected chi connectivity index (χ0v) is 17.0. The van der Waals surface area contributed by atoms with Crippen LogP contribution >= 0.6 is 23.2 Å². The van der Waals surface area contributed by atoms with Crippen LogP contribution in [0.5, 0.6) is 5.75 Å². The van der Waals surface area contributed by atoms with Gasteiger partial charge in [-0.2, -0.15) is 0 Å². The lowest BCUT2D eigenvalue weighted by Crippen LogP contribution is -2.30. The average Bonchev–Trinajstić information content (AvgIpc) is 2.63. The lowest BCUT2D eigenvalue weighted by Gasteiger charge is -2.21. The topological polar surface area (TPSA) is 76.7 Å². The Bertz CT molecular complexity index is 1130. The zero-order valence-electron chi connectivity index (χ0n) is 15.5. The number of carboxylic acid groups (broad SMARTS) is 1. The quantitative estimate of drug-likeness (QED) is 0.583. The second-order valence-electron chi connectivity index (χ2n) is 7.17. The Morgan fingerprint density at radius 3 is 2.57 bits per heavy atom. The number of benzene rings is 2. The highest BCUT2D eigenvalue weighted by molar-refractivity contribution is 6.34. The van der Waals surface area contributed by atoms with Gasteiger partial charge in [0.25, 0.3) is 0 Å². The predicted molar refractivity (Wildman–Crippen MR) is 110 cm³/mol. The molecule has 0 unspecified atom stereocenters. The summed E-state index contributed by atoms with van der Waals surface area (Å²) in [5, 5.41) is 10.4. The van der Waals surface area contributed by atoms with Gasteiger partial charge in [-0.25, -0.2) is 0 Å². The monoisotopic (exact) mass is 420 g/mol. The Morgan fingerprint density at radius 2 is 1.89 bits per heavy atom. The van der Waals surface area contributed by atoms with Crippen molar-refractivity contribution in [2.45, 2.75) is 20.8 Å². The first kappa shape index (κ1) is 20.2. The largest absolute Gasteiger partial charge is 0.492 e. The maximum absolute atomic E-state index is 12.5. The molecule has 0 aliphatic carbocycles. The molecule has 1 N–H and O–H groups in total. The number of rotatable bonds is 5. The van der Waals surface area contributed by atoms with E-state index in [2.05, 4.69) is 0 Å². The summed E-state index contributed by atoms with van der Waals surface area (Å²) in [5.41, 5.74) is 0.159. The Hall–Kier alpha value is -2.50. The van der Waals surface area contributed by atoms with Crippen molar-refractivity contribution >= 4 is 40.1 Å². The van der Waals surface area contributed by atoms with Crippen LogP contribution in [-0.4, -0.2) is 17.7 Å². The second-order valence-corrected chi connectivity index (χ2v) is 7.98. The van der Waals surface area contributed by atoms with Crippen LogP contribution in [0.3, 0.4) is 0 Å². The highest BCUT2D eigenvalue weighted by Crippen LogP contribution is 2.37. The minimum Gasteiger partial charge on any atom is -0.492 e. The van der Waals surface area contributed by atoms with Gasteiger partial charge in [-0.15, -0.1) is 0 Å². The van der Waals surface area contributed by atoms with Gasteiger partial charge >= 0.3 is 5.97 Å². The van der Waals surface area contributed by atoms with E-state index in [1.807, 2.05) is 6.92 Å². The molecule has 0 amide bonds. The highest BCUT2D eigenvalue weighted by atomic mass is 35.5. The number of fused-ring (bicyclic) bond motifs is 1. The van der Waals surface area contributed by atoms with Crippen molar-refractivity contribution in [1.82, 2.24) is 0 Å². The van der Waals surface area contributed by atoms with Gasteiger partial charge in [-0.05, 0) is 50.6 Å². The van der Waals surface area contributed by atoms with Gasteiger partial charge in [0.1, 0.15) is 18.1 Å². The molecule has 7 heteroatoms. The summed E-state index contributed by atoms with van der Waals surface area (Å²) in [6.07, 6.45) is 0. The number of hydrogen-bond acceptors (Lipinski definition) is 4. The van der Waals surface area contributed by atoms with Crippen molar-refractivity contribution in [3.8, 4) is 17.1 Å². The molecule has 1 aromatic heterocycles. The smallest absolute Gasteiger partial charge is 0.312 e. The SMILES string of the molecule is Cc1cc(-c2cc(=O)c3cccc(Cl)c3o2)c(OCC(C)(C)C(=O)O)cc1Cl. The third kappa shape index (κ3) is 3.86. The molecule has 0 radical (unpaired) electrons. The van der Waals surface area contributed by atoms with E-state index in [4.69, 9.17) is 32.4 Å². The molecule has 5 nitrogen and oxygen atoms in total. The van der Waals surface area contributed by atoms with Crippen LogP contribution < -0.4 is 10.2 Å². The van der Waals surface area contributed by atoms with Crippen molar-refractivity contribution in [3.63, 3.8) is 0 Å². The van der Waals surface area contributed by atoms with Gasteiger partial charge in [0.2, 0.25) is 0 Å². The lowest BCUT2D eigenvalue weighted by atomic mass is 9.95. The summed E-state index contributed by atoms with van der Waals surface area (Å²) in [7, 11) is 0. The van der Waals surface area contributed by atoms with E-state index in [9.17, 15) is 14.7 Å². The molecule has 0 fully saturated rings. The van der Waals surface area contributed by atoms with Crippen LogP contribution in [0.15, 0.2) is 45.6 Å². The van der Waals surface area contributed by atoms with Crippen LogP contribution in [0.4, 0.5) is 0 Å². The van der Waals surface area contributed by atoms with E-state index in [-0.39, 0.29) is 23.4 Å². The number of aryl methyl sites for hydroxylation is 1. The van der Waals surface area contributed by atoms with Crippen LogP contribution in [-0.2, 0) is 4.79 Å². The summed E-state index contributed by atoms with van der Waals surface area (Å²) in [6.45, 7) is 4.83. The minimum atomic E-state index is -1.11. The number of halogens is 2. The number of aliphatic carboxylic acids is 1. The van der Waals surface area contributed by atoms with Gasteiger partial charge in [-0.3, -0.25) is 9.59 Å². The van der Waals surface area contributed by atoms with Crippen molar-refractivity contribution in [3.05, 3.63) is 62.2 Å². The first-order valence-corrected chi connectivity index (χ1v) is 9.25. The molecule has 0 saturated carbocycles. The van der Waals surface area contributed by atoms with Gasteiger partial charge in [-0.1, -0.05) is 29.3 Å². The summed E-state index contributed by atoms with van der Waals surface area (Å²) in [4.78, 5) is 23.9. The normalized spacial score (nSPS) is 11.6. The Labute approximate surface area is 171 Å². The molecular formula is C21H18Cl2O5. The van der Waals surface area contributed by atoms with E-state index >= 15 is 0 Å². The fraction of sp³-hybridized carbons (Fsp3) is 0.238. The van der Waals surface area contributed by atoms with Crippen LogP contribution in [0.2, 0.25) is 10.0 Å². The molecule has 0 spiro atoms. The Balaban J connectivity index is 2.15. The molecule has 146 valence electrons. The molecule has 0 aliphatic rings. The molecular weight excluding hydrogens is 403 g/mol. The van der Waals surface area contributed by atoms with E-state index in [1.165, 1.54) is 6.07 Å².